The summed E-state index contributed by atoms with van der Waals surface area (Å²) >= 11 is 3.86. The second-order valence-electron chi connectivity index (χ2n) is 0.991. The highest BCUT2D eigenvalue weighted by molar-refractivity contribution is 7.80. The molecule has 0 aliphatic heterocycles. The van der Waals surface area contributed by atoms with E-state index in [1.54, 1.807) is 0 Å². The monoisotopic (exact) mass is 139 g/mol. The van der Waals surface area contributed by atoms with Crippen molar-refractivity contribution in [2.45, 2.75) is 0 Å². The minimum atomic E-state index is 0.427. The lowest BCUT2D eigenvalue weighted by Crippen LogP contribution is -2.32. The number of rotatable bonds is 4. The molecule has 0 saturated heterocycles. The van der Waals surface area contributed by atoms with Gasteiger partial charge in [-0.1, -0.05) is 0 Å². The molecule has 0 spiro atoms. The van der Waals surface area contributed by atoms with Crippen LogP contribution in [0, 0.1) is 0 Å². The Morgan fingerprint density at radius 2 is 1.88 bits per heavy atom. The Morgan fingerprint density at radius 3 is 2.00 bits per heavy atom. The zero-order valence-corrected chi connectivity index (χ0v) is 5.17. The Hall–Kier alpha value is 0.150. The van der Waals surface area contributed by atoms with E-state index in [1.165, 1.54) is 0 Å². The summed E-state index contributed by atoms with van der Waals surface area (Å²) in [5.74, 6) is 9.88. The standard InChI is InChI=1S/C2H9N3O2S/c3-6-5(7-4)1-2-8/h8H,1-4H2. The van der Waals surface area contributed by atoms with E-state index in [0.717, 1.165) is 5.23 Å². The van der Waals surface area contributed by atoms with Crippen LogP contribution in [0.3, 0.4) is 0 Å². The maximum atomic E-state index is 4.66. The Kier molecular flexibility index (Phi) is 5.39. The van der Waals surface area contributed by atoms with Crippen LogP contribution in [0.2, 0.25) is 0 Å². The van der Waals surface area contributed by atoms with Crippen molar-refractivity contribution >= 4 is 12.6 Å². The summed E-state index contributed by atoms with van der Waals surface area (Å²) in [7, 11) is 0. The van der Waals surface area contributed by atoms with Crippen molar-refractivity contribution in [2.75, 3.05) is 12.3 Å². The Labute approximate surface area is 52.7 Å². The first kappa shape index (κ1) is 8.15. The Bertz CT molecular complexity index is 50.5. The molecule has 0 rings (SSSR count). The number of nitrogens with zero attached hydrogens (tertiary/aromatic N) is 1. The van der Waals surface area contributed by atoms with E-state index in [2.05, 4.69) is 34.3 Å². The molecule has 0 heterocycles. The zero-order valence-electron chi connectivity index (χ0n) is 4.28. The number of hydrogen-bond acceptors (Lipinski definition) is 6. The van der Waals surface area contributed by atoms with Crippen LogP contribution in [0.15, 0.2) is 0 Å². The van der Waals surface area contributed by atoms with Gasteiger partial charge in [-0.25, -0.2) is 0 Å². The summed E-state index contributed by atoms with van der Waals surface area (Å²) in [6.45, 7) is 0.427. The Morgan fingerprint density at radius 1 is 1.38 bits per heavy atom. The molecule has 0 aromatic heterocycles. The minimum Gasteiger partial charge on any atom is -0.193 e. The van der Waals surface area contributed by atoms with Crippen LogP contribution >= 0.6 is 12.6 Å². The quantitative estimate of drug-likeness (QED) is 0.338. The predicted molar refractivity (Wildman–Crippen MR) is 31.1 cm³/mol. The van der Waals surface area contributed by atoms with Gasteiger partial charge < -0.3 is 0 Å². The van der Waals surface area contributed by atoms with E-state index in [0.29, 0.717) is 12.3 Å². The molecule has 0 bridgehead atoms. The maximum Gasteiger partial charge on any atom is 0.0643 e. The molecule has 0 atom stereocenters. The molecular formula is C2H9N3O2S. The van der Waals surface area contributed by atoms with E-state index >= 15 is 0 Å². The molecule has 5 nitrogen and oxygen atoms in total. The summed E-state index contributed by atoms with van der Waals surface area (Å²) in [4.78, 5) is 8.15. The van der Waals surface area contributed by atoms with Gasteiger partial charge in [0.05, 0.1) is 6.54 Å². The van der Waals surface area contributed by atoms with Gasteiger partial charge in [-0.3, -0.25) is 0 Å². The van der Waals surface area contributed by atoms with Gasteiger partial charge >= 0.3 is 0 Å². The lowest BCUT2D eigenvalue weighted by Gasteiger charge is -2.11. The van der Waals surface area contributed by atoms with Crippen molar-refractivity contribution in [3.63, 3.8) is 0 Å². The SMILES string of the molecule is NON(CCS)ON. The lowest BCUT2D eigenvalue weighted by molar-refractivity contribution is -0.372. The molecule has 0 amide bonds. The van der Waals surface area contributed by atoms with E-state index < -0.39 is 0 Å². The highest BCUT2D eigenvalue weighted by Crippen LogP contribution is 1.83. The van der Waals surface area contributed by atoms with E-state index in [4.69, 9.17) is 0 Å². The van der Waals surface area contributed by atoms with Gasteiger partial charge in [0.2, 0.25) is 0 Å². The smallest absolute Gasteiger partial charge is 0.0643 e. The molecule has 0 saturated carbocycles. The van der Waals surface area contributed by atoms with Gasteiger partial charge in [-0.2, -0.15) is 34.3 Å². The summed E-state index contributed by atoms with van der Waals surface area (Å²) in [6.07, 6.45) is 0. The van der Waals surface area contributed by atoms with Crippen LogP contribution in [-0.4, -0.2) is 17.5 Å². The van der Waals surface area contributed by atoms with Crippen LogP contribution in [-0.2, 0) is 9.88 Å². The largest absolute Gasteiger partial charge is 0.193 e. The Balaban J connectivity index is 3.07. The number of hydroxylamine groups is 2. The minimum absolute atomic E-state index is 0.427. The van der Waals surface area contributed by atoms with Crippen molar-refractivity contribution in [3.8, 4) is 0 Å². The fraction of sp³-hybridized carbons (Fsp3) is 1.00. The average molecular weight is 139 g/mol. The van der Waals surface area contributed by atoms with Crippen molar-refractivity contribution in [3.05, 3.63) is 0 Å². The second kappa shape index (κ2) is 5.29. The predicted octanol–water partition coefficient (Wildman–Crippen LogP) is -1.17. The third-order valence-corrected chi connectivity index (χ3v) is 0.718. The van der Waals surface area contributed by atoms with Gasteiger partial charge in [0.1, 0.15) is 0 Å². The number of hydrogen-bond donors (Lipinski definition) is 3. The normalized spacial score (nSPS) is 10.5. The maximum absolute atomic E-state index is 4.66. The molecule has 6 heteroatoms. The average Bonchev–Trinajstić information content (AvgIpc) is 1.83. The van der Waals surface area contributed by atoms with Gasteiger partial charge in [0, 0.05) is 5.75 Å². The first-order valence-corrected chi connectivity index (χ1v) is 2.60. The molecule has 0 fully saturated rings. The number of thiol groups is 1. The van der Waals surface area contributed by atoms with Crippen molar-refractivity contribution in [2.24, 2.45) is 11.8 Å². The van der Waals surface area contributed by atoms with Crippen LogP contribution in [0.1, 0.15) is 0 Å². The van der Waals surface area contributed by atoms with Crippen molar-refractivity contribution in [1.29, 1.82) is 0 Å². The van der Waals surface area contributed by atoms with E-state index in [1.807, 2.05) is 0 Å². The van der Waals surface area contributed by atoms with Gasteiger partial charge in [0.25, 0.3) is 0 Å². The molecule has 4 N–H and O–H groups in total. The van der Waals surface area contributed by atoms with Gasteiger partial charge in [-0.05, 0) is 5.23 Å². The molecule has 8 heavy (non-hydrogen) atoms. The number of nitrogens with two attached hydrogens (primary N) is 2. The summed E-state index contributed by atoms with van der Waals surface area (Å²) in [5.41, 5.74) is 0. The van der Waals surface area contributed by atoms with Crippen molar-refractivity contribution < 1.29 is 9.88 Å². The van der Waals surface area contributed by atoms with Crippen LogP contribution in [0.5, 0.6) is 0 Å². The van der Waals surface area contributed by atoms with Crippen LogP contribution in [0.4, 0.5) is 0 Å². The van der Waals surface area contributed by atoms with Gasteiger partial charge in [0.15, 0.2) is 0 Å². The third kappa shape index (κ3) is 3.19. The molecule has 0 unspecified atom stereocenters. The first-order valence-electron chi connectivity index (χ1n) is 1.97. The molecule has 50 valence electrons. The van der Waals surface area contributed by atoms with Crippen LogP contribution in [0.25, 0.3) is 0 Å². The third-order valence-electron chi connectivity index (χ3n) is 0.518. The molecule has 0 aliphatic rings. The van der Waals surface area contributed by atoms with Crippen molar-refractivity contribution in [1.82, 2.24) is 5.23 Å². The van der Waals surface area contributed by atoms with E-state index in [9.17, 15) is 0 Å². The first-order chi connectivity index (χ1) is 3.85. The highest BCUT2D eigenvalue weighted by Gasteiger charge is 1.97. The zero-order chi connectivity index (χ0) is 6.41. The van der Waals surface area contributed by atoms with Crippen LogP contribution < -0.4 is 11.8 Å². The molecule has 0 radical (unpaired) electrons. The second-order valence-corrected chi connectivity index (χ2v) is 1.44. The van der Waals surface area contributed by atoms with E-state index in [-0.39, 0.29) is 0 Å². The summed E-state index contributed by atoms with van der Waals surface area (Å²) in [5, 5.41) is 0.910. The molecular weight excluding hydrogens is 130 g/mol. The fourth-order valence-corrected chi connectivity index (χ4v) is 0.375. The molecule has 0 aromatic carbocycles. The molecule has 0 aliphatic carbocycles. The summed E-state index contributed by atoms with van der Waals surface area (Å²) in [6, 6.07) is 0. The topological polar surface area (TPSA) is 73.7 Å². The lowest BCUT2D eigenvalue weighted by atomic mass is 10.8. The highest BCUT2D eigenvalue weighted by atomic mass is 32.1. The fourth-order valence-electron chi connectivity index (χ4n) is 0.212. The summed E-state index contributed by atoms with van der Waals surface area (Å²) < 4.78 is 0. The molecule has 0 aromatic rings. The van der Waals surface area contributed by atoms with Gasteiger partial charge in [-0.15, -0.1) is 0 Å².